The number of hydrogen-bond donors (Lipinski definition) is 2. The van der Waals surface area contributed by atoms with E-state index in [0.29, 0.717) is 23.6 Å². The first-order valence-corrected chi connectivity index (χ1v) is 13.6. The van der Waals surface area contributed by atoms with Crippen molar-refractivity contribution in [2.24, 2.45) is 11.8 Å². The monoisotopic (exact) mass is 476 g/mol. The summed E-state index contributed by atoms with van der Waals surface area (Å²) in [6.07, 6.45) is 15.1. The van der Waals surface area contributed by atoms with E-state index in [2.05, 4.69) is 9.88 Å². The van der Waals surface area contributed by atoms with Gasteiger partial charge in [0.05, 0.1) is 11.0 Å². The number of piperidine rings is 2. The van der Waals surface area contributed by atoms with E-state index >= 15 is 0 Å². The maximum absolute atomic E-state index is 13.6. The van der Waals surface area contributed by atoms with Gasteiger partial charge in [0.1, 0.15) is 0 Å². The SMILES string of the molecule is N=C(C(=O)O)c1nc2ccccc2n([C@H]2C[C@H]3CCC[C@@H](C2)N3C2CC3CCCCC(C3)C2)c1=O. The highest BCUT2D eigenvalue weighted by atomic mass is 16.4. The topological polar surface area (TPSA) is 99.3 Å². The van der Waals surface area contributed by atoms with E-state index in [1.54, 1.807) is 4.57 Å². The number of nitrogens with one attached hydrogen (secondary N) is 1. The van der Waals surface area contributed by atoms with Crippen LogP contribution in [0.3, 0.4) is 0 Å². The molecule has 35 heavy (non-hydrogen) atoms. The van der Waals surface area contributed by atoms with Crippen molar-refractivity contribution in [2.75, 3.05) is 0 Å². The molecule has 4 bridgehead atoms. The molecule has 2 saturated carbocycles. The van der Waals surface area contributed by atoms with Gasteiger partial charge < -0.3 is 9.67 Å². The minimum atomic E-state index is -1.41. The quantitative estimate of drug-likeness (QED) is 0.620. The molecule has 7 nitrogen and oxygen atoms in total. The summed E-state index contributed by atoms with van der Waals surface area (Å²) in [6.45, 7) is 0. The first-order chi connectivity index (χ1) is 17.0. The van der Waals surface area contributed by atoms with E-state index in [1.807, 2.05) is 24.3 Å². The van der Waals surface area contributed by atoms with Crippen LogP contribution in [0.25, 0.3) is 11.0 Å². The second-order valence-electron chi connectivity index (χ2n) is 11.5. The van der Waals surface area contributed by atoms with Crippen molar-refractivity contribution in [1.82, 2.24) is 14.5 Å². The van der Waals surface area contributed by atoms with Gasteiger partial charge in [-0.15, -0.1) is 0 Å². The lowest BCUT2D eigenvalue weighted by atomic mass is 9.73. The number of carbonyl (C=O) groups is 1. The molecule has 4 aliphatic rings. The second kappa shape index (κ2) is 9.16. The van der Waals surface area contributed by atoms with Crippen LogP contribution in [0.15, 0.2) is 29.1 Å². The number of carboxylic acid groups (broad SMARTS) is 1. The van der Waals surface area contributed by atoms with Crippen LogP contribution < -0.4 is 5.56 Å². The summed E-state index contributed by atoms with van der Waals surface area (Å²) < 4.78 is 1.79. The van der Waals surface area contributed by atoms with Gasteiger partial charge in [0.15, 0.2) is 11.4 Å². The van der Waals surface area contributed by atoms with Crippen LogP contribution in [0.4, 0.5) is 0 Å². The zero-order valence-electron chi connectivity index (χ0n) is 20.4. The molecule has 6 rings (SSSR count). The van der Waals surface area contributed by atoms with Gasteiger partial charge in [0, 0.05) is 24.2 Å². The Balaban J connectivity index is 1.35. The van der Waals surface area contributed by atoms with Crippen molar-refractivity contribution in [1.29, 1.82) is 5.41 Å². The highest BCUT2D eigenvalue weighted by molar-refractivity contribution is 6.40. The fourth-order valence-electron chi connectivity index (χ4n) is 8.09. The van der Waals surface area contributed by atoms with E-state index in [-0.39, 0.29) is 11.7 Å². The van der Waals surface area contributed by atoms with Gasteiger partial charge in [-0.25, -0.2) is 9.78 Å². The summed E-state index contributed by atoms with van der Waals surface area (Å²) in [5.41, 5.74) is -0.0786. The normalized spacial score (nSPS) is 33.3. The van der Waals surface area contributed by atoms with Crippen molar-refractivity contribution in [3.63, 3.8) is 0 Å². The van der Waals surface area contributed by atoms with Crippen LogP contribution in [-0.2, 0) is 4.79 Å². The molecule has 2 unspecified atom stereocenters. The van der Waals surface area contributed by atoms with E-state index in [4.69, 9.17) is 5.41 Å². The highest BCUT2D eigenvalue weighted by Crippen LogP contribution is 2.46. The number of rotatable bonds is 4. The van der Waals surface area contributed by atoms with E-state index < -0.39 is 17.2 Å². The molecule has 2 saturated heterocycles. The van der Waals surface area contributed by atoms with Crippen molar-refractivity contribution in [3.8, 4) is 0 Å². The van der Waals surface area contributed by atoms with Crippen molar-refractivity contribution >= 4 is 22.7 Å². The minimum Gasteiger partial charge on any atom is -0.476 e. The zero-order valence-corrected chi connectivity index (χ0v) is 20.4. The van der Waals surface area contributed by atoms with E-state index in [9.17, 15) is 14.7 Å². The number of para-hydroxylation sites is 2. The van der Waals surface area contributed by atoms with Crippen LogP contribution >= 0.6 is 0 Å². The summed E-state index contributed by atoms with van der Waals surface area (Å²) in [5, 5.41) is 17.4. The Bertz CT molecular complexity index is 1180. The molecule has 2 aliphatic heterocycles. The Hall–Kier alpha value is -2.54. The summed E-state index contributed by atoms with van der Waals surface area (Å²) in [7, 11) is 0. The maximum atomic E-state index is 13.6. The number of hydrogen-bond acceptors (Lipinski definition) is 5. The van der Waals surface area contributed by atoms with Crippen LogP contribution in [0, 0.1) is 17.2 Å². The molecule has 5 atom stereocenters. The predicted octanol–water partition coefficient (Wildman–Crippen LogP) is 4.77. The van der Waals surface area contributed by atoms with Crippen molar-refractivity contribution in [3.05, 3.63) is 40.3 Å². The van der Waals surface area contributed by atoms with Gasteiger partial charge in [-0.2, -0.15) is 0 Å². The second-order valence-corrected chi connectivity index (χ2v) is 11.5. The smallest absolute Gasteiger partial charge is 0.356 e. The van der Waals surface area contributed by atoms with Crippen LogP contribution in [0.1, 0.15) is 88.8 Å². The van der Waals surface area contributed by atoms with Gasteiger partial charge in [0.2, 0.25) is 0 Å². The molecule has 1 aromatic heterocycles. The first-order valence-electron chi connectivity index (χ1n) is 13.6. The lowest BCUT2D eigenvalue weighted by Crippen LogP contribution is -2.58. The Kier molecular flexibility index (Phi) is 5.99. The van der Waals surface area contributed by atoms with Gasteiger partial charge in [-0.1, -0.05) is 44.2 Å². The van der Waals surface area contributed by atoms with Crippen LogP contribution in [-0.4, -0.2) is 49.4 Å². The predicted molar refractivity (Wildman–Crippen MR) is 135 cm³/mol. The third-order valence-electron chi connectivity index (χ3n) is 9.39. The molecule has 2 aliphatic carbocycles. The molecule has 1 aromatic carbocycles. The number of aromatic nitrogens is 2. The Morgan fingerprint density at radius 2 is 1.51 bits per heavy atom. The number of fused-ring (bicyclic) bond motifs is 5. The third-order valence-corrected chi connectivity index (χ3v) is 9.39. The summed E-state index contributed by atoms with van der Waals surface area (Å²) in [5.74, 6) is 0.356. The Morgan fingerprint density at radius 3 is 2.17 bits per heavy atom. The lowest BCUT2D eigenvalue weighted by Gasteiger charge is -2.54. The fraction of sp³-hybridized carbons (Fsp3) is 0.643. The number of benzene rings is 1. The summed E-state index contributed by atoms with van der Waals surface area (Å²) in [6, 6.07) is 9.09. The van der Waals surface area contributed by atoms with Gasteiger partial charge in [-0.3, -0.25) is 15.1 Å². The molecule has 2 N–H and O–H groups in total. The largest absolute Gasteiger partial charge is 0.476 e. The van der Waals surface area contributed by atoms with Crippen LogP contribution in [0.2, 0.25) is 0 Å². The lowest BCUT2D eigenvalue weighted by molar-refractivity contribution is -0.129. The summed E-state index contributed by atoms with van der Waals surface area (Å²) >= 11 is 0. The van der Waals surface area contributed by atoms with Gasteiger partial charge in [0.25, 0.3) is 5.56 Å². The number of carboxylic acids is 1. The molecule has 4 fully saturated rings. The Morgan fingerprint density at radius 1 is 0.857 bits per heavy atom. The molecule has 0 amide bonds. The average molecular weight is 477 g/mol. The molecule has 186 valence electrons. The molecule has 0 radical (unpaired) electrons. The van der Waals surface area contributed by atoms with Gasteiger partial charge >= 0.3 is 5.97 Å². The standard InChI is InChI=1S/C28H36N4O3/c29-25(28(34)35)26-27(33)32(24-11-4-3-10-23(24)30-26)22-15-19-8-5-9-20(16-22)31(19)21-13-17-6-1-2-7-18(12-17)14-21/h3-4,10-11,17-22,29H,1-2,5-9,12-16H2,(H,34,35)/t17?,18?,19-,20+,21?,22+. The minimum absolute atomic E-state index is 0.00756. The highest BCUT2D eigenvalue weighted by Gasteiger charge is 2.45. The molecular formula is C28H36N4O3. The Labute approximate surface area is 206 Å². The maximum Gasteiger partial charge on any atom is 0.356 e. The zero-order chi connectivity index (χ0) is 24.1. The molecule has 7 heteroatoms. The van der Waals surface area contributed by atoms with E-state index in [1.165, 1.54) is 64.2 Å². The molecule has 3 heterocycles. The molecular weight excluding hydrogens is 440 g/mol. The third kappa shape index (κ3) is 4.11. The van der Waals surface area contributed by atoms with Gasteiger partial charge in [-0.05, 0) is 68.9 Å². The van der Waals surface area contributed by atoms with Crippen molar-refractivity contribution < 1.29 is 9.90 Å². The van der Waals surface area contributed by atoms with Crippen molar-refractivity contribution in [2.45, 2.75) is 101 Å². The molecule has 2 aromatic rings. The first kappa shape index (κ1) is 22.9. The van der Waals surface area contributed by atoms with Crippen LogP contribution in [0.5, 0.6) is 0 Å². The van der Waals surface area contributed by atoms with E-state index in [0.717, 1.165) is 30.2 Å². The number of aliphatic carboxylic acids is 1. The fourth-order valence-corrected chi connectivity index (χ4v) is 8.09. The average Bonchev–Trinajstić information content (AvgIpc) is 3.01. The summed E-state index contributed by atoms with van der Waals surface area (Å²) in [4.78, 5) is 32.3. The number of nitrogens with zero attached hydrogens (tertiary/aromatic N) is 3. The molecule has 0 spiro atoms.